The number of hydrogen-bond donors (Lipinski definition) is 3. The summed E-state index contributed by atoms with van der Waals surface area (Å²) < 4.78 is 16.7. The molecule has 194 valence electrons. The molecule has 1 heterocycles. The van der Waals surface area contributed by atoms with Crippen LogP contribution in [0.15, 0.2) is 36.0 Å². The number of carbonyl (C=O) groups is 3. The van der Waals surface area contributed by atoms with Crippen molar-refractivity contribution >= 4 is 29.3 Å². The van der Waals surface area contributed by atoms with Crippen molar-refractivity contribution in [2.24, 2.45) is 17.8 Å². The van der Waals surface area contributed by atoms with Gasteiger partial charge in [0.15, 0.2) is 5.57 Å². The summed E-state index contributed by atoms with van der Waals surface area (Å²) in [7, 11) is 0. The van der Waals surface area contributed by atoms with Crippen molar-refractivity contribution in [2.45, 2.75) is 76.8 Å². The first-order valence-corrected chi connectivity index (χ1v) is 12.8. The van der Waals surface area contributed by atoms with E-state index in [1.54, 1.807) is 24.3 Å². The molecular formula is C27H35N3O6. The highest BCUT2D eigenvalue weighted by Gasteiger charge is 2.52. The molecule has 1 saturated heterocycles. The Labute approximate surface area is 211 Å². The molecule has 4 bridgehead atoms. The number of carbonyl (C=O) groups excluding carboxylic acids is 3. The molecule has 5 aliphatic rings. The van der Waals surface area contributed by atoms with Crippen LogP contribution in [0.4, 0.5) is 16.2 Å². The Kier molecular flexibility index (Phi) is 6.44. The lowest BCUT2D eigenvalue weighted by atomic mass is 9.54. The first-order valence-electron chi connectivity index (χ1n) is 12.8. The van der Waals surface area contributed by atoms with E-state index in [0.29, 0.717) is 17.9 Å². The summed E-state index contributed by atoms with van der Waals surface area (Å²) in [5.74, 6) is -0.363. The first-order chi connectivity index (χ1) is 17.1. The van der Waals surface area contributed by atoms with Crippen LogP contribution in [0.1, 0.15) is 59.3 Å². The van der Waals surface area contributed by atoms with Gasteiger partial charge in [-0.1, -0.05) is 6.07 Å². The van der Waals surface area contributed by atoms with Crippen LogP contribution in [-0.4, -0.2) is 42.0 Å². The Morgan fingerprint density at radius 2 is 1.64 bits per heavy atom. The number of hydrogen-bond acceptors (Lipinski definition) is 7. The molecule has 5 fully saturated rings. The third-order valence-electron chi connectivity index (χ3n) is 7.60. The lowest BCUT2D eigenvalue weighted by Gasteiger charge is -2.57. The quantitative estimate of drug-likeness (QED) is 0.292. The molecule has 9 nitrogen and oxygen atoms in total. The molecule has 1 atom stereocenters. The van der Waals surface area contributed by atoms with Crippen LogP contribution in [0.5, 0.6) is 0 Å². The Balaban J connectivity index is 1.11. The van der Waals surface area contributed by atoms with Crippen molar-refractivity contribution in [3.63, 3.8) is 0 Å². The van der Waals surface area contributed by atoms with Crippen LogP contribution in [0.2, 0.25) is 0 Å². The topological polar surface area (TPSA) is 115 Å². The van der Waals surface area contributed by atoms with Gasteiger partial charge in [-0.05, 0) is 81.4 Å². The van der Waals surface area contributed by atoms with E-state index in [1.165, 1.54) is 58.6 Å². The zero-order valence-electron chi connectivity index (χ0n) is 21.1. The average molecular weight is 498 g/mol. The number of esters is 2. The summed E-state index contributed by atoms with van der Waals surface area (Å²) in [5, 5.41) is 8.60. The Morgan fingerprint density at radius 1 is 1.06 bits per heavy atom. The van der Waals surface area contributed by atoms with E-state index >= 15 is 0 Å². The van der Waals surface area contributed by atoms with Crippen LogP contribution < -0.4 is 16.0 Å². The molecule has 3 N–H and O–H groups in total. The number of anilines is 2. The lowest BCUT2D eigenvalue weighted by Crippen LogP contribution is -2.54. The molecule has 1 aliphatic heterocycles. The minimum absolute atomic E-state index is 0.00771. The maximum Gasteiger partial charge on any atom is 0.350 e. The van der Waals surface area contributed by atoms with Gasteiger partial charge in [-0.2, -0.15) is 0 Å². The van der Waals surface area contributed by atoms with Gasteiger partial charge in [-0.3, -0.25) is 0 Å². The zero-order valence-corrected chi connectivity index (χ0v) is 21.1. The van der Waals surface area contributed by atoms with Gasteiger partial charge in [0.25, 0.3) is 5.79 Å². The zero-order chi connectivity index (χ0) is 25.5. The summed E-state index contributed by atoms with van der Waals surface area (Å²) in [6.45, 7) is 5.43. The second-order valence-corrected chi connectivity index (χ2v) is 11.3. The van der Waals surface area contributed by atoms with Crippen molar-refractivity contribution < 1.29 is 28.6 Å². The number of nitrogens with one attached hydrogen (secondary N) is 3. The van der Waals surface area contributed by atoms with E-state index in [-0.39, 0.29) is 23.3 Å². The molecule has 0 radical (unpaired) electrons. The van der Waals surface area contributed by atoms with Gasteiger partial charge in [-0.25, -0.2) is 14.4 Å². The highest BCUT2D eigenvalue weighted by Crippen LogP contribution is 2.57. The number of rotatable bonds is 7. The third kappa shape index (κ3) is 5.51. The van der Waals surface area contributed by atoms with E-state index in [0.717, 1.165) is 17.8 Å². The van der Waals surface area contributed by atoms with Crippen molar-refractivity contribution in [3.8, 4) is 0 Å². The van der Waals surface area contributed by atoms with Gasteiger partial charge in [0, 0.05) is 38.0 Å². The fraction of sp³-hybridized carbons (Fsp3) is 0.593. The number of benzene rings is 1. The molecule has 36 heavy (non-hydrogen) atoms. The second kappa shape index (κ2) is 9.42. The van der Waals surface area contributed by atoms with Crippen molar-refractivity contribution in [3.05, 3.63) is 36.0 Å². The Hall–Kier alpha value is -3.07. The molecule has 9 heteroatoms. The summed E-state index contributed by atoms with van der Waals surface area (Å²) in [6.07, 6.45) is 8.78. The van der Waals surface area contributed by atoms with Crippen molar-refractivity contribution in [1.29, 1.82) is 0 Å². The van der Waals surface area contributed by atoms with Crippen LogP contribution in [-0.2, 0) is 23.8 Å². The SMILES string of the molecule is CC(CNC(=O)Nc1cccc(NC=C2C(=O)OC(C)(C)OC2=O)c1)OC12CC3CC(CC(C3)C1)C2. The van der Waals surface area contributed by atoms with E-state index in [1.807, 2.05) is 6.92 Å². The summed E-state index contributed by atoms with van der Waals surface area (Å²) in [6, 6.07) is 6.60. The Morgan fingerprint density at radius 3 is 2.25 bits per heavy atom. The second-order valence-electron chi connectivity index (χ2n) is 11.3. The molecule has 4 aliphatic carbocycles. The molecule has 0 spiro atoms. The van der Waals surface area contributed by atoms with E-state index in [9.17, 15) is 14.4 Å². The van der Waals surface area contributed by atoms with E-state index in [2.05, 4.69) is 16.0 Å². The van der Waals surface area contributed by atoms with Gasteiger partial charge in [0.2, 0.25) is 0 Å². The lowest BCUT2D eigenvalue weighted by molar-refractivity contribution is -0.222. The van der Waals surface area contributed by atoms with E-state index in [4.69, 9.17) is 14.2 Å². The van der Waals surface area contributed by atoms with Crippen LogP contribution in [0, 0.1) is 17.8 Å². The fourth-order valence-electron chi connectivity index (χ4n) is 6.68. The van der Waals surface area contributed by atoms with Crippen molar-refractivity contribution in [2.75, 3.05) is 17.2 Å². The van der Waals surface area contributed by atoms with Gasteiger partial charge in [-0.15, -0.1) is 0 Å². The maximum absolute atomic E-state index is 12.5. The number of urea groups is 1. The summed E-state index contributed by atoms with van der Waals surface area (Å²) in [5.41, 5.74) is 0.900. The highest BCUT2D eigenvalue weighted by molar-refractivity contribution is 6.15. The van der Waals surface area contributed by atoms with Crippen LogP contribution >= 0.6 is 0 Å². The van der Waals surface area contributed by atoms with Gasteiger partial charge < -0.3 is 30.2 Å². The summed E-state index contributed by atoms with van der Waals surface area (Å²) in [4.78, 5) is 36.7. The number of cyclic esters (lactones) is 2. The fourth-order valence-corrected chi connectivity index (χ4v) is 6.68. The largest absolute Gasteiger partial charge is 0.419 e. The van der Waals surface area contributed by atoms with Gasteiger partial charge in [0.05, 0.1) is 11.7 Å². The van der Waals surface area contributed by atoms with E-state index < -0.39 is 17.7 Å². The molecule has 1 aromatic rings. The molecule has 1 aromatic carbocycles. The first kappa shape index (κ1) is 24.6. The predicted molar refractivity (Wildman–Crippen MR) is 133 cm³/mol. The molecule has 0 aromatic heterocycles. The van der Waals surface area contributed by atoms with Gasteiger partial charge >= 0.3 is 18.0 Å². The Bertz CT molecular complexity index is 1020. The third-order valence-corrected chi connectivity index (χ3v) is 7.60. The highest BCUT2D eigenvalue weighted by atomic mass is 16.7. The molecule has 1 unspecified atom stereocenters. The minimum atomic E-state index is -1.29. The van der Waals surface area contributed by atoms with Crippen molar-refractivity contribution in [1.82, 2.24) is 5.32 Å². The summed E-state index contributed by atoms with van der Waals surface area (Å²) >= 11 is 0. The molecule has 4 saturated carbocycles. The monoisotopic (exact) mass is 497 g/mol. The molecule has 2 amide bonds. The van der Waals surface area contributed by atoms with Crippen LogP contribution in [0.25, 0.3) is 0 Å². The standard InChI is InChI=1S/C27H35N3O6/c1-16(34-27-11-17-7-18(12-27)9-19(8-17)13-27)14-29-25(33)30-21-6-4-5-20(10-21)28-15-22-23(31)35-26(2,3)36-24(22)32/h4-6,10,15-19,28H,7-9,11-14H2,1-3H3,(H2,29,30,33). The van der Waals surface area contributed by atoms with Gasteiger partial charge in [0.1, 0.15) is 0 Å². The number of amides is 2. The minimum Gasteiger partial charge on any atom is -0.419 e. The molecular weight excluding hydrogens is 462 g/mol. The maximum atomic E-state index is 12.5. The number of ether oxygens (including phenoxy) is 3. The average Bonchev–Trinajstić information content (AvgIpc) is 2.75. The van der Waals surface area contributed by atoms with Crippen LogP contribution in [0.3, 0.4) is 0 Å². The normalized spacial score (nSPS) is 30.8. The molecule has 6 rings (SSSR count). The predicted octanol–water partition coefficient (Wildman–Crippen LogP) is 4.31. The smallest absolute Gasteiger partial charge is 0.350 e.